The van der Waals surface area contributed by atoms with Crippen molar-refractivity contribution in [3.05, 3.63) is 69.1 Å². The van der Waals surface area contributed by atoms with Crippen molar-refractivity contribution in [2.75, 3.05) is 6.61 Å². The van der Waals surface area contributed by atoms with Crippen molar-refractivity contribution in [1.82, 2.24) is 15.3 Å². The van der Waals surface area contributed by atoms with Gasteiger partial charge in [-0.3, -0.25) is 9.59 Å². The Morgan fingerprint density at radius 2 is 2.07 bits per heavy atom. The lowest BCUT2D eigenvalue weighted by Crippen LogP contribution is -2.22. The SMILES string of the molecule is Cc1nc(-c2c(OCCC3CC3)cc[nH]c2=O)sc1C(=O)NCc1ccccc1. The van der Waals surface area contributed by atoms with E-state index < -0.39 is 0 Å². The molecule has 4 rings (SSSR count). The third-order valence-electron chi connectivity index (χ3n) is 4.92. The van der Waals surface area contributed by atoms with E-state index in [0.29, 0.717) is 40.0 Å². The number of amides is 1. The molecule has 0 spiro atoms. The number of hydrogen-bond donors (Lipinski definition) is 2. The second kappa shape index (κ2) is 8.61. The fraction of sp³-hybridized carbons (Fsp3) is 0.318. The highest BCUT2D eigenvalue weighted by Gasteiger charge is 2.23. The topological polar surface area (TPSA) is 84.1 Å². The van der Waals surface area contributed by atoms with Crippen molar-refractivity contribution < 1.29 is 9.53 Å². The van der Waals surface area contributed by atoms with Crippen LogP contribution in [0.25, 0.3) is 10.6 Å². The van der Waals surface area contributed by atoms with Gasteiger partial charge in [-0.2, -0.15) is 0 Å². The molecule has 2 aromatic heterocycles. The second-order valence-corrected chi connectivity index (χ2v) is 8.23. The third-order valence-corrected chi connectivity index (χ3v) is 6.09. The molecular weight excluding hydrogens is 386 g/mol. The van der Waals surface area contributed by atoms with E-state index in [-0.39, 0.29) is 11.5 Å². The maximum Gasteiger partial charge on any atom is 0.263 e. The van der Waals surface area contributed by atoms with Crippen LogP contribution in [-0.2, 0) is 6.54 Å². The summed E-state index contributed by atoms with van der Waals surface area (Å²) in [5.41, 5.74) is 1.74. The van der Waals surface area contributed by atoms with Gasteiger partial charge in [0.2, 0.25) is 0 Å². The van der Waals surface area contributed by atoms with Crippen LogP contribution in [0.2, 0.25) is 0 Å². The minimum Gasteiger partial charge on any atom is -0.493 e. The molecule has 7 heteroatoms. The molecule has 0 unspecified atom stereocenters. The van der Waals surface area contributed by atoms with E-state index in [1.54, 1.807) is 19.2 Å². The molecule has 29 heavy (non-hydrogen) atoms. The van der Waals surface area contributed by atoms with Gasteiger partial charge < -0.3 is 15.0 Å². The summed E-state index contributed by atoms with van der Waals surface area (Å²) < 4.78 is 5.88. The van der Waals surface area contributed by atoms with E-state index >= 15 is 0 Å². The molecule has 0 atom stereocenters. The van der Waals surface area contributed by atoms with Crippen molar-refractivity contribution >= 4 is 17.2 Å². The molecule has 0 bridgehead atoms. The van der Waals surface area contributed by atoms with Crippen LogP contribution in [0, 0.1) is 12.8 Å². The Hall–Kier alpha value is -2.93. The summed E-state index contributed by atoms with van der Waals surface area (Å²) in [7, 11) is 0. The molecule has 1 amide bonds. The summed E-state index contributed by atoms with van der Waals surface area (Å²) in [5, 5.41) is 3.41. The van der Waals surface area contributed by atoms with E-state index in [1.807, 2.05) is 30.3 Å². The van der Waals surface area contributed by atoms with Crippen molar-refractivity contribution in [3.63, 3.8) is 0 Å². The average Bonchev–Trinajstić information content (AvgIpc) is 3.47. The molecule has 1 fully saturated rings. The van der Waals surface area contributed by atoms with Crippen LogP contribution in [0.4, 0.5) is 0 Å². The molecule has 1 aliphatic rings. The van der Waals surface area contributed by atoms with Gasteiger partial charge in [-0.1, -0.05) is 43.2 Å². The number of benzene rings is 1. The number of aromatic amines is 1. The summed E-state index contributed by atoms with van der Waals surface area (Å²) >= 11 is 1.21. The molecular formula is C22H23N3O3S. The smallest absolute Gasteiger partial charge is 0.263 e. The highest BCUT2D eigenvalue weighted by atomic mass is 32.1. The lowest BCUT2D eigenvalue weighted by Gasteiger charge is -2.08. The van der Waals surface area contributed by atoms with Crippen molar-refractivity contribution in [3.8, 4) is 16.3 Å². The van der Waals surface area contributed by atoms with Crippen LogP contribution in [0.1, 0.15) is 40.2 Å². The summed E-state index contributed by atoms with van der Waals surface area (Å²) in [6, 6.07) is 11.5. The molecule has 1 saturated carbocycles. The first-order chi connectivity index (χ1) is 14.1. The molecule has 0 radical (unpaired) electrons. The Morgan fingerprint density at radius 3 is 2.83 bits per heavy atom. The third kappa shape index (κ3) is 4.74. The first-order valence-corrected chi connectivity index (χ1v) is 10.6. The zero-order valence-electron chi connectivity index (χ0n) is 16.2. The number of nitrogens with one attached hydrogen (secondary N) is 2. The van der Waals surface area contributed by atoms with Crippen LogP contribution in [0.3, 0.4) is 0 Å². The molecule has 6 nitrogen and oxygen atoms in total. The largest absolute Gasteiger partial charge is 0.493 e. The van der Waals surface area contributed by atoms with Crippen LogP contribution in [0.5, 0.6) is 5.75 Å². The van der Waals surface area contributed by atoms with E-state index in [4.69, 9.17) is 4.74 Å². The van der Waals surface area contributed by atoms with Crippen LogP contribution >= 0.6 is 11.3 Å². The zero-order chi connectivity index (χ0) is 20.2. The van der Waals surface area contributed by atoms with Gasteiger partial charge in [0.25, 0.3) is 11.5 Å². The number of pyridine rings is 1. The number of aromatic nitrogens is 2. The lowest BCUT2D eigenvalue weighted by molar-refractivity contribution is 0.0954. The maximum atomic E-state index is 12.6. The summed E-state index contributed by atoms with van der Waals surface area (Å²) in [5.74, 6) is 1.07. The zero-order valence-corrected chi connectivity index (χ0v) is 17.1. The molecule has 0 saturated heterocycles. The fourth-order valence-corrected chi connectivity index (χ4v) is 4.13. The van der Waals surface area contributed by atoms with Crippen LogP contribution in [0.15, 0.2) is 47.4 Å². The van der Waals surface area contributed by atoms with Gasteiger partial charge in [0, 0.05) is 12.7 Å². The molecule has 1 aromatic carbocycles. The first-order valence-electron chi connectivity index (χ1n) is 9.76. The number of thiazole rings is 1. The Labute approximate surface area is 173 Å². The molecule has 1 aliphatic carbocycles. The monoisotopic (exact) mass is 409 g/mol. The van der Waals surface area contributed by atoms with E-state index in [9.17, 15) is 9.59 Å². The van der Waals surface area contributed by atoms with Crippen molar-refractivity contribution in [2.24, 2.45) is 5.92 Å². The first kappa shape index (κ1) is 19.4. The van der Waals surface area contributed by atoms with Gasteiger partial charge in [-0.25, -0.2) is 4.98 Å². The molecule has 3 aromatic rings. The lowest BCUT2D eigenvalue weighted by atomic mass is 10.2. The molecule has 2 N–H and O–H groups in total. The highest BCUT2D eigenvalue weighted by Crippen LogP contribution is 2.34. The van der Waals surface area contributed by atoms with Gasteiger partial charge in [-0.05, 0) is 30.9 Å². The van der Waals surface area contributed by atoms with Crippen LogP contribution in [-0.4, -0.2) is 22.5 Å². The Balaban J connectivity index is 1.52. The molecule has 150 valence electrons. The predicted molar refractivity (Wildman–Crippen MR) is 113 cm³/mol. The van der Waals surface area contributed by atoms with E-state index in [0.717, 1.165) is 17.9 Å². The summed E-state index contributed by atoms with van der Waals surface area (Å²) in [6.07, 6.45) is 5.10. The number of hydrogen-bond acceptors (Lipinski definition) is 5. The maximum absolute atomic E-state index is 12.6. The second-order valence-electron chi connectivity index (χ2n) is 7.23. The number of rotatable bonds is 8. The Bertz CT molecular complexity index is 1050. The standard InChI is InChI=1S/C22H23N3O3S/c1-14-19(21(27)24-13-16-5-3-2-4-6-16)29-22(25-14)18-17(9-11-23-20(18)26)28-12-10-15-7-8-15/h2-6,9,11,15H,7-8,10,12-13H2,1H3,(H,23,26)(H,24,27). The van der Waals surface area contributed by atoms with Gasteiger partial charge in [0.05, 0.1) is 12.3 Å². The average molecular weight is 410 g/mol. The van der Waals surface area contributed by atoms with Crippen molar-refractivity contribution in [2.45, 2.75) is 32.7 Å². The molecule has 2 heterocycles. The van der Waals surface area contributed by atoms with E-state index in [2.05, 4.69) is 15.3 Å². The number of nitrogens with zero attached hydrogens (tertiary/aromatic N) is 1. The van der Waals surface area contributed by atoms with E-state index in [1.165, 1.54) is 24.2 Å². The minimum absolute atomic E-state index is 0.196. The normalized spacial score (nSPS) is 13.3. The Morgan fingerprint density at radius 1 is 1.28 bits per heavy atom. The van der Waals surface area contributed by atoms with Gasteiger partial charge >= 0.3 is 0 Å². The van der Waals surface area contributed by atoms with Crippen LogP contribution < -0.4 is 15.6 Å². The molecule has 0 aliphatic heterocycles. The van der Waals surface area contributed by atoms with Gasteiger partial charge in [0.1, 0.15) is 21.2 Å². The Kier molecular flexibility index (Phi) is 5.76. The summed E-state index contributed by atoms with van der Waals surface area (Å²) in [6.45, 7) is 2.80. The van der Waals surface area contributed by atoms with Gasteiger partial charge in [-0.15, -0.1) is 11.3 Å². The predicted octanol–water partition coefficient (Wildman–Crippen LogP) is 3.92. The number of H-pyrrole nitrogens is 1. The summed E-state index contributed by atoms with van der Waals surface area (Å²) in [4.78, 5) is 32.8. The van der Waals surface area contributed by atoms with Crippen molar-refractivity contribution in [1.29, 1.82) is 0 Å². The fourth-order valence-electron chi connectivity index (χ4n) is 3.10. The number of carbonyl (C=O) groups is 1. The highest BCUT2D eigenvalue weighted by molar-refractivity contribution is 7.17. The quantitative estimate of drug-likeness (QED) is 0.591. The number of carbonyl (C=O) groups excluding carboxylic acids is 1. The minimum atomic E-state index is -0.265. The number of aryl methyl sites for hydroxylation is 1. The van der Waals surface area contributed by atoms with Gasteiger partial charge in [0.15, 0.2) is 0 Å². The number of ether oxygens (including phenoxy) is 1.